The molecule has 2 atom stereocenters. The van der Waals surface area contributed by atoms with Crippen LogP contribution in [0.25, 0.3) is 0 Å². The van der Waals surface area contributed by atoms with Crippen molar-refractivity contribution in [3.63, 3.8) is 0 Å². The first-order valence-corrected chi connectivity index (χ1v) is 5.81. The highest BCUT2D eigenvalue weighted by Gasteiger charge is 2.23. The summed E-state index contributed by atoms with van der Waals surface area (Å²) >= 11 is 0. The van der Waals surface area contributed by atoms with Crippen molar-refractivity contribution in [2.45, 2.75) is 19.1 Å². The molecule has 0 saturated carbocycles. The highest BCUT2D eigenvalue weighted by atomic mass is 16.5. The third kappa shape index (κ3) is 2.70. The standard InChI is InChI=1S/C13H19NO3/c1-9-8-17-13(7-14-9)11-6-10(15-2)4-5-12(11)16-3/h4-6,9,13-14H,7-8H2,1-3H3. The molecule has 1 aromatic rings. The molecule has 4 nitrogen and oxygen atoms in total. The van der Waals surface area contributed by atoms with Crippen molar-refractivity contribution >= 4 is 0 Å². The second-order valence-electron chi connectivity index (χ2n) is 4.24. The SMILES string of the molecule is COc1ccc(OC)c(C2CNC(C)CO2)c1. The van der Waals surface area contributed by atoms with Gasteiger partial charge in [0.15, 0.2) is 0 Å². The predicted molar refractivity (Wildman–Crippen MR) is 65.7 cm³/mol. The number of nitrogens with one attached hydrogen (secondary N) is 1. The summed E-state index contributed by atoms with van der Waals surface area (Å²) in [4.78, 5) is 0. The molecular weight excluding hydrogens is 218 g/mol. The molecule has 0 aliphatic carbocycles. The molecular formula is C13H19NO3. The van der Waals surface area contributed by atoms with Crippen LogP contribution in [0.3, 0.4) is 0 Å². The van der Waals surface area contributed by atoms with E-state index in [-0.39, 0.29) is 6.10 Å². The van der Waals surface area contributed by atoms with E-state index in [1.54, 1.807) is 14.2 Å². The maximum Gasteiger partial charge on any atom is 0.124 e. The molecule has 2 rings (SSSR count). The minimum atomic E-state index is 0.0243. The Morgan fingerprint density at radius 1 is 1.29 bits per heavy atom. The van der Waals surface area contributed by atoms with Crippen molar-refractivity contribution in [3.8, 4) is 11.5 Å². The summed E-state index contributed by atoms with van der Waals surface area (Å²) in [6.07, 6.45) is 0.0243. The van der Waals surface area contributed by atoms with E-state index in [0.29, 0.717) is 12.6 Å². The molecule has 0 aromatic heterocycles. The largest absolute Gasteiger partial charge is 0.497 e. The molecule has 4 heteroatoms. The lowest BCUT2D eigenvalue weighted by Gasteiger charge is -2.29. The summed E-state index contributed by atoms with van der Waals surface area (Å²) in [5.74, 6) is 1.66. The number of benzene rings is 1. The van der Waals surface area contributed by atoms with Crippen molar-refractivity contribution in [1.82, 2.24) is 5.32 Å². The normalized spacial score (nSPS) is 24.4. The quantitative estimate of drug-likeness (QED) is 0.869. The average molecular weight is 237 g/mol. The number of ether oxygens (including phenoxy) is 3. The number of rotatable bonds is 3. The molecule has 1 saturated heterocycles. The molecule has 0 radical (unpaired) electrons. The second-order valence-corrected chi connectivity index (χ2v) is 4.24. The molecule has 0 amide bonds. The van der Waals surface area contributed by atoms with Gasteiger partial charge < -0.3 is 19.5 Å². The second kappa shape index (κ2) is 5.38. The van der Waals surface area contributed by atoms with Gasteiger partial charge in [-0.3, -0.25) is 0 Å². The topological polar surface area (TPSA) is 39.7 Å². The Hall–Kier alpha value is -1.26. The van der Waals surface area contributed by atoms with Crippen molar-refractivity contribution in [2.75, 3.05) is 27.4 Å². The summed E-state index contributed by atoms with van der Waals surface area (Å²) in [6, 6.07) is 6.18. The Kier molecular flexibility index (Phi) is 3.86. The Bertz CT molecular complexity index is 373. The van der Waals surface area contributed by atoms with Crippen LogP contribution in [0.4, 0.5) is 0 Å². The van der Waals surface area contributed by atoms with Crippen LogP contribution in [-0.4, -0.2) is 33.4 Å². The fourth-order valence-corrected chi connectivity index (χ4v) is 1.98. The van der Waals surface area contributed by atoms with Crippen LogP contribution in [0.15, 0.2) is 18.2 Å². The fourth-order valence-electron chi connectivity index (χ4n) is 1.98. The molecule has 0 bridgehead atoms. The van der Waals surface area contributed by atoms with Gasteiger partial charge in [0.05, 0.1) is 26.9 Å². The average Bonchev–Trinajstić information content (AvgIpc) is 2.39. The van der Waals surface area contributed by atoms with Gasteiger partial charge in [0.25, 0.3) is 0 Å². The minimum absolute atomic E-state index is 0.0243. The van der Waals surface area contributed by atoms with Gasteiger partial charge in [0.1, 0.15) is 11.5 Å². The summed E-state index contributed by atoms with van der Waals surface area (Å²) in [6.45, 7) is 3.62. The molecule has 1 fully saturated rings. The Morgan fingerprint density at radius 3 is 2.71 bits per heavy atom. The molecule has 0 spiro atoms. The molecule has 94 valence electrons. The summed E-state index contributed by atoms with van der Waals surface area (Å²) in [5.41, 5.74) is 1.03. The summed E-state index contributed by atoms with van der Waals surface area (Å²) in [7, 11) is 3.33. The van der Waals surface area contributed by atoms with E-state index in [4.69, 9.17) is 14.2 Å². The lowest BCUT2D eigenvalue weighted by atomic mass is 10.1. The van der Waals surface area contributed by atoms with Crippen molar-refractivity contribution in [1.29, 1.82) is 0 Å². The van der Waals surface area contributed by atoms with Crippen LogP contribution in [0, 0.1) is 0 Å². The fraction of sp³-hybridized carbons (Fsp3) is 0.538. The zero-order chi connectivity index (χ0) is 12.3. The zero-order valence-electron chi connectivity index (χ0n) is 10.5. The van der Waals surface area contributed by atoms with E-state index in [1.807, 2.05) is 18.2 Å². The van der Waals surface area contributed by atoms with Crippen LogP contribution in [0.1, 0.15) is 18.6 Å². The van der Waals surface area contributed by atoms with Gasteiger partial charge >= 0.3 is 0 Å². The highest BCUT2D eigenvalue weighted by molar-refractivity contribution is 5.42. The van der Waals surface area contributed by atoms with E-state index in [1.165, 1.54) is 0 Å². The summed E-state index contributed by atoms with van der Waals surface area (Å²) < 4.78 is 16.4. The number of hydrogen-bond donors (Lipinski definition) is 1. The monoisotopic (exact) mass is 237 g/mol. The van der Waals surface area contributed by atoms with E-state index in [0.717, 1.165) is 23.6 Å². The molecule has 1 heterocycles. The first kappa shape index (κ1) is 12.2. The van der Waals surface area contributed by atoms with Gasteiger partial charge in [-0.1, -0.05) is 0 Å². The molecule has 1 aliphatic heterocycles. The lowest BCUT2D eigenvalue weighted by Crippen LogP contribution is -2.40. The van der Waals surface area contributed by atoms with Crippen LogP contribution >= 0.6 is 0 Å². The van der Waals surface area contributed by atoms with Gasteiger partial charge in [-0.05, 0) is 25.1 Å². The highest BCUT2D eigenvalue weighted by Crippen LogP contribution is 2.32. The third-order valence-corrected chi connectivity index (χ3v) is 2.98. The Labute approximate surface area is 102 Å². The van der Waals surface area contributed by atoms with Gasteiger partial charge in [0, 0.05) is 18.2 Å². The number of hydrogen-bond acceptors (Lipinski definition) is 4. The Balaban J connectivity index is 2.23. The molecule has 2 unspecified atom stereocenters. The first-order chi connectivity index (χ1) is 8.24. The molecule has 1 N–H and O–H groups in total. The third-order valence-electron chi connectivity index (χ3n) is 2.98. The molecule has 17 heavy (non-hydrogen) atoms. The minimum Gasteiger partial charge on any atom is -0.497 e. The molecule has 1 aromatic carbocycles. The molecule has 1 aliphatic rings. The van der Waals surface area contributed by atoms with Crippen LogP contribution in [0.5, 0.6) is 11.5 Å². The van der Waals surface area contributed by atoms with Gasteiger partial charge in [-0.15, -0.1) is 0 Å². The van der Waals surface area contributed by atoms with Gasteiger partial charge in [-0.2, -0.15) is 0 Å². The van der Waals surface area contributed by atoms with Crippen LogP contribution in [-0.2, 0) is 4.74 Å². The van der Waals surface area contributed by atoms with E-state index >= 15 is 0 Å². The zero-order valence-corrected chi connectivity index (χ0v) is 10.5. The predicted octanol–water partition coefficient (Wildman–Crippen LogP) is 1.75. The van der Waals surface area contributed by atoms with Crippen LogP contribution in [0.2, 0.25) is 0 Å². The van der Waals surface area contributed by atoms with E-state index in [2.05, 4.69) is 12.2 Å². The first-order valence-electron chi connectivity index (χ1n) is 5.81. The van der Waals surface area contributed by atoms with Crippen molar-refractivity contribution in [3.05, 3.63) is 23.8 Å². The van der Waals surface area contributed by atoms with E-state index in [9.17, 15) is 0 Å². The maximum atomic E-state index is 5.82. The Morgan fingerprint density at radius 2 is 2.12 bits per heavy atom. The number of methoxy groups -OCH3 is 2. The van der Waals surface area contributed by atoms with Crippen molar-refractivity contribution in [2.24, 2.45) is 0 Å². The maximum absolute atomic E-state index is 5.82. The number of morpholine rings is 1. The van der Waals surface area contributed by atoms with Crippen LogP contribution < -0.4 is 14.8 Å². The lowest BCUT2D eigenvalue weighted by molar-refractivity contribution is 0.00563. The smallest absolute Gasteiger partial charge is 0.124 e. The van der Waals surface area contributed by atoms with Gasteiger partial charge in [0.2, 0.25) is 0 Å². The van der Waals surface area contributed by atoms with E-state index < -0.39 is 0 Å². The summed E-state index contributed by atoms with van der Waals surface area (Å²) in [5, 5.41) is 3.40. The van der Waals surface area contributed by atoms with Gasteiger partial charge in [-0.25, -0.2) is 0 Å². The van der Waals surface area contributed by atoms with Crippen molar-refractivity contribution < 1.29 is 14.2 Å².